The molecular weight excluding hydrogens is 254 g/mol. The summed E-state index contributed by atoms with van der Waals surface area (Å²) in [5.74, 6) is -0.341. The number of ether oxygens (including phenoxy) is 1. The number of Topliss-reactive ketones (excluding diaryl/α,β-unsaturated/α-hetero) is 1. The Morgan fingerprint density at radius 3 is 2.35 bits per heavy atom. The Kier molecular flexibility index (Phi) is 5.89. The van der Waals surface area contributed by atoms with E-state index in [1.54, 1.807) is 32.9 Å². The van der Waals surface area contributed by atoms with Crippen molar-refractivity contribution in [3.05, 3.63) is 35.9 Å². The molecule has 1 atom stereocenters. The molecule has 110 valence electrons. The van der Waals surface area contributed by atoms with E-state index in [2.05, 4.69) is 0 Å². The maximum Gasteiger partial charge on any atom is 0.323 e. The van der Waals surface area contributed by atoms with Crippen molar-refractivity contribution in [2.45, 2.75) is 51.7 Å². The summed E-state index contributed by atoms with van der Waals surface area (Å²) in [6.07, 6.45) is 1.42. The molecule has 20 heavy (non-hydrogen) atoms. The first-order valence-electron chi connectivity index (χ1n) is 6.86. The van der Waals surface area contributed by atoms with Crippen LogP contribution >= 0.6 is 0 Å². The standard InChI is InChI=1S/C16H23NO3/c1-16(2,3)20-15(19)13(17)10-7-11-14(18)12-8-5-4-6-9-12/h4-6,8-9,13H,7,10-11,17H2,1-3H3. The highest BCUT2D eigenvalue weighted by Crippen LogP contribution is 2.11. The third-order valence-electron chi connectivity index (χ3n) is 2.72. The zero-order valence-corrected chi connectivity index (χ0v) is 12.4. The lowest BCUT2D eigenvalue weighted by molar-refractivity contribution is -0.156. The van der Waals surface area contributed by atoms with E-state index in [-0.39, 0.29) is 5.78 Å². The van der Waals surface area contributed by atoms with Crippen molar-refractivity contribution in [2.75, 3.05) is 0 Å². The Hall–Kier alpha value is -1.68. The van der Waals surface area contributed by atoms with Crippen molar-refractivity contribution in [2.24, 2.45) is 5.73 Å². The Balaban J connectivity index is 2.34. The molecule has 0 saturated carbocycles. The van der Waals surface area contributed by atoms with Gasteiger partial charge in [0.2, 0.25) is 0 Å². The van der Waals surface area contributed by atoms with Crippen LogP contribution in [0.4, 0.5) is 0 Å². The number of ketones is 1. The zero-order valence-electron chi connectivity index (χ0n) is 12.4. The van der Waals surface area contributed by atoms with Gasteiger partial charge in [-0.25, -0.2) is 0 Å². The summed E-state index contributed by atoms with van der Waals surface area (Å²) in [5, 5.41) is 0. The molecule has 1 aromatic rings. The van der Waals surface area contributed by atoms with Crippen LogP contribution < -0.4 is 5.73 Å². The number of nitrogens with two attached hydrogens (primary N) is 1. The monoisotopic (exact) mass is 277 g/mol. The van der Waals surface area contributed by atoms with E-state index in [1.807, 2.05) is 18.2 Å². The average molecular weight is 277 g/mol. The quantitative estimate of drug-likeness (QED) is 0.641. The van der Waals surface area contributed by atoms with Crippen LogP contribution in [0.15, 0.2) is 30.3 Å². The fraction of sp³-hybridized carbons (Fsp3) is 0.500. The summed E-state index contributed by atoms with van der Waals surface area (Å²) in [7, 11) is 0. The number of carbonyl (C=O) groups excluding carboxylic acids is 2. The van der Waals surface area contributed by atoms with Crippen molar-refractivity contribution in [3.8, 4) is 0 Å². The van der Waals surface area contributed by atoms with Crippen molar-refractivity contribution in [1.29, 1.82) is 0 Å². The van der Waals surface area contributed by atoms with Crippen LogP contribution in [0.3, 0.4) is 0 Å². The number of carbonyl (C=O) groups is 2. The first-order valence-corrected chi connectivity index (χ1v) is 6.86. The summed E-state index contributed by atoms with van der Waals surface area (Å²) >= 11 is 0. The van der Waals surface area contributed by atoms with Gasteiger partial charge in [-0.2, -0.15) is 0 Å². The predicted octanol–water partition coefficient (Wildman–Crippen LogP) is 2.71. The molecule has 0 aliphatic heterocycles. The average Bonchev–Trinajstić information content (AvgIpc) is 2.37. The van der Waals surface area contributed by atoms with E-state index in [4.69, 9.17) is 10.5 Å². The summed E-state index contributed by atoms with van der Waals surface area (Å²) in [6, 6.07) is 8.44. The second-order valence-corrected chi connectivity index (χ2v) is 5.82. The van der Waals surface area contributed by atoms with Gasteiger partial charge in [-0.1, -0.05) is 30.3 Å². The van der Waals surface area contributed by atoms with Crippen LogP contribution in [0.25, 0.3) is 0 Å². The van der Waals surface area contributed by atoms with Crippen molar-refractivity contribution < 1.29 is 14.3 Å². The molecule has 0 heterocycles. The van der Waals surface area contributed by atoms with Gasteiger partial charge in [-0.05, 0) is 33.6 Å². The fourth-order valence-electron chi connectivity index (χ4n) is 1.75. The van der Waals surface area contributed by atoms with Gasteiger partial charge in [0.15, 0.2) is 5.78 Å². The van der Waals surface area contributed by atoms with Crippen LogP contribution in [0, 0.1) is 0 Å². The van der Waals surface area contributed by atoms with Crippen LogP contribution in [0.5, 0.6) is 0 Å². The molecule has 0 aromatic heterocycles. The maximum absolute atomic E-state index is 11.9. The second-order valence-electron chi connectivity index (χ2n) is 5.82. The molecule has 0 radical (unpaired) electrons. The predicted molar refractivity (Wildman–Crippen MR) is 78.4 cm³/mol. The molecule has 2 N–H and O–H groups in total. The molecule has 0 spiro atoms. The number of benzene rings is 1. The number of hydrogen-bond donors (Lipinski definition) is 1. The van der Waals surface area contributed by atoms with Gasteiger partial charge in [-0.3, -0.25) is 9.59 Å². The summed E-state index contributed by atoms with van der Waals surface area (Å²) in [5.41, 5.74) is 5.92. The molecular formula is C16H23NO3. The first kappa shape index (κ1) is 16.4. The zero-order chi connectivity index (χ0) is 15.2. The van der Waals surface area contributed by atoms with Crippen molar-refractivity contribution in [3.63, 3.8) is 0 Å². The molecule has 0 aliphatic carbocycles. The molecule has 0 bridgehead atoms. The van der Waals surface area contributed by atoms with Crippen molar-refractivity contribution in [1.82, 2.24) is 0 Å². The highest BCUT2D eigenvalue weighted by molar-refractivity contribution is 5.95. The van der Waals surface area contributed by atoms with Crippen molar-refractivity contribution >= 4 is 11.8 Å². The molecule has 0 fully saturated rings. The first-order chi connectivity index (χ1) is 9.29. The summed E-state index contributed by atoms with van der Waals surface area (Å²) < 4.78 is 5.19. The molecule has 4 heteroatoms. The Morgan fingerprint density at radius 2 is 1.80 bits per heavy atom. The molecule has 1 unspecified atom stereocenters. The topological polar surface area (TPSA) is 69.4 Å². The molecule has 0 saturated heterocycles. The van der Waals surface area contributed by atoms with Gasteiger partial charge in [0, 0.05) is 12.0 Å². The van der Waals surface area contributed by atoms with Gasteiger partial charge in [0.05, 0.1) is 0 Å². The van der Waals surface area contributed by atoms with Gasteiger partial charge in [0.25, 0.3) is 0 Å². The lowest BCUT2D eigenvalue weighted by atomic mass is 10.0. The van der Waals surface area contributed by atoms with Crippen LogP contribution in [0.2, 0.25) is 0 Å². The fourth-order valence-corrected chi connectivity index (χ4v) is 1.75. The molecule has 1 rings (SSSR count). The SMILES string of the molecule is CC(C)(C)OC(=O)C(N)CCCC(=O)c1ccccc1. The van der Waals surface area contributed by atoms with Gasteiger partial charge >= 0.3 is 5.97 Å². The number of rotatable bonds is 6. The minimum Gasteiger partial charge on any atom is -0.459 e. The second kappa shape index (κ2) is 7.20. The largest absolute Gasteiger partial charge is 0.459 e. The van der Waals surface area contributed by atoms with E-state index >= 15 is 0 Å². The van der Waals surface area contributed by atoms with E-state index in [9.17, 15) is 9.59 Å². The lowest BCUT2D eigenvalue weighted by Crippen LogP contribution is -2.37. The van der Waals surface area contributed by atoms with Gasteiger partial charge in [0.1, 0.15) is 11.6 Å². The summed E-state index contributed by atoms with van der Waals surface area (Å²) in [4.78, 5) is 23.5. The highest BCUT2D eigenvalue weighted by atomic mass is 16.6. The number of esters is 1. The minimum absolute atomic E-state index is 0.0713. The van der Waals surface area contributed by atoms with E-state index in [1.165, 1.54) is 0 Å². The van der Waals surface area contributed by atoms with E-state index < -0.39 is 17.6 Å². The third kappa shape index (κ3) is 5.97. The Labute approximate surface area is 120 Å². The van der Waals surface area contributed by atoms with Crippen LogP contribution in [0.1, 0.15) is 50.4 Å². The molecule has 1 aromatic carbocycles. The van der Waals surface area contributed by atoms with Gasteiger partial charge < -0.3 is 10.5 Å². The lowest BCUT2D eigenvalue weighted by Gasteiger charge is -2.22. The van der Waals surface area contributed by atoms with Crippen LogP contribution in [-0.4, -0.2) is 23.4 Å². The highest BCUT2D eigenvalue weighted by Gasteiger charge is 2.22. The molecule has 0 amide bonds. The number of hydrogen-bond acceptors (Lipinski definition) is 4. The van der Waals surface area contributed by atoms with E-state index in [0.717, 1.165) is 0 Å². The Bertz CT molecular complexity index is 449. The summed E-state index contributed by atoms with van der Waals surface area (Å²) in [6.45, 7) is 5.41. The third-order valence-corrected chi connectivity index (χ3v) is 2.72. The van der Waals surface area contributed by atoms with Crippen LogP contribution in [-0.2, 0) is 9.53 Å². The molecule has 4 nitrogen and oxygen atoms in total. The van der Waals surface area contributed by atoms with Gasteiger partial charge in [-0.15, -0.1) is 0 Å². The Morgan fingerprint density at radius 1 is 1.20 bits per heavy atom. The minimum atomic E-state index is -0.669. The van der Waals surface area contributed by atoms with E-state index in [0.29, 0.717) is 24.8 Å². The maximum atomic E-state index is 11.9. The smallest absolute Gasteiger partial charge is 0.323 e. The molecule has 0 aliphatic rings. The normalized spacial score (nSPS) is 12.8.